The molecule has 0 aliphatic rings. The average molecular weight is 351 g/mol. The maximum atomic E-state index is 5.69. The molecule has 0 bridgehead atoms. The van der Waals surface area contributed by atoms with Crippen LogP contribution in [-0.4, -0.2) is 16.6 Å². The van der Waals surface area contributed by atoms with Gasteiger partial charge in [0.25, 0.3) is 0 Å². The molecule has 26 heavy (non-hydrogen) atoms. The number of hydrogen-bond donors (Lipinski definition) is 0. The quantitative estimate of drug-likeness (QED) is 0.415. The standard InChI is InChI=1S/C23H30N2O/c1-3-5-6-7-8-9-17-26-22-18-24-23(25-19-22)16-15-21-13-11-20(10-4-2)12-14-21/h11-14,18-19H,3-10,17H2,1-2H3. The molecule has 2 aromatic rings. The summed E-state index contributed by atoms with van der Waals surface area (Å²) in [5, 5.41) is 0. The van der Waals surface area contributed by atoms with Crippen molar-refractivity contribution >= 4 is 0 Å². The molecule has 0 unspecified atom stereocenters. The topological polar surface area (TPSA) is 35.0 Å². The Morgan fingerprint density at radius 1 is 0.808 bits per heavy atom. The van der Waals surface area contributed by atoms with Crippen LogP contribution in [0.25, 0.3) is 0 Å². The van der Waals surface area contributed by atoms with Crippen LogP contribution in [0.3, 0.4) is 0 Å². The summed E-state index contributed by atoms with van der Waals surface area (Å²) in [4.78, 5) is 8.54. The van der Waals surface area contributed by atoms with Crippen LogP contribution >= 0.6 is 0 Å². The van der Waals surface area contributed by atoms with Gasteiger partial charge in [-0.3, -0.25) is 0 Å². The van der Waals surface area contributed by atoms with E-state index in [1.807, 2.05) is 0 Å². The second-order valence-electron chi connectivity index (χ2n) is 6.56. The van der Waals surface area contributed by atoms with Gasteiger partial charge in [0.15, 0.2) is 5.75 Å². The van der Waals surface area contributed by atoms with Crippen molar-refractivity contribution in [1.82, 2.24) is 9.97 Å². The van der Waals surface area contributed by atoms with Crippen LogP contribution in [0.5, 0.6) is 5.75 Å². The number of ether oxygens (including phenoxy) is 1. The second kappa shape index (κ2) is 12.1. The highest BCUT2D eigenvalue weighted by molar-refractivity contribution is 5.39. The predicted molar refractivity (Wildman–Crippen MR) is 107 cm³/mol. The summed E-state index contributed by atoms with van der Waals surface area (Å²) in [6, 6.07) is 8.37. The van der Waals surface area contributed by atoms with Gasteiger partial charge in [-0.1, -0.05) is 70.4 Å². The molecule has 0 atom stereocenters. The van der Waals surface area contributed by atoms with Gasteiger partial charge in [0.05, 0.1) is 19.0 Å². The van der Waals surface area contributed by atoms with Crippen molar-refractivity contribution in [1.29, 1.82) is 0 Å². The highest BCUT2D eigenvalue weighted by Gasteiger charge is 1.97. The molecule has 1 heterocycles. The molecule has 0 fully saturated rings. The van der Waals surface area contributed by atoms with Gasteiger partial charge in [0.2, 0.25) is 5.82 Å². The fraction of sp³-hybridized carbons (Fsp3) is 0.478. The lowest BCUT2D eigenvalue weighted by Crippen LogP contribution is -1.99. The SMILES string of the molecule is CCCCCCCCOc1cnc(C#Cc2ccc(CCC)cc2)nc1. The van der Waals surface area contributed by atoms with Gasteiger partial charge in [-0.15, -0.1) is 0 Å². The van der Waals surface area contributed by atoms with E-state index in [-0.39, 0.29) is 0 Å². The first-order chi connectivity index (χ1) is 12.8. The fourth-order valence-electron chi connectivity index (χ4n) is 2.70. The largest absolute Gasteiger partial charge is 0.490 e. The second-order valence-corrected chi connectivity index (χ2v) is 6.56. The first-order valence-corrected chi connectivity index (χ1v) is 9.87. The van der Waals surface area contributed by atoms with Crippen molar-refractivity contribution < 1.29 is 4.74 Å². The number of hydrogen-bond acceptors (Lipinski definition) is 3. The molecule has 1 aromatic carbocycles. The molecule has 1 aromatic heterocycles. The summed E-state index contributed by atoms with van der Waals surface area (Å²) in [6.45, 7) is 5.15. The highest BCUT2D eigenvalue weighted by Crippen LogP contribution is 2.09. The third-order valence-electron chi connectivity index (χ3n) is 4.21. The molecule has 3 heteroatoms. The Labute approximate surface area is 158 Å². The Kier molecular flexibility index (Phi) is 9.29. The minimum Gasteiger partial charge on any atom is -0.490 e. The zero-order chi connectivity index (χ0) is 18.5. The van der Waals surface area contributed by atoms with Crippen LogP contribution in [0.2, 0.25) is 0 Å². The highest BCUT2D eigenvalue weighted by atomic mass is 16.5. The van der Waals surface area contributed by atoms with E-state index < -0.39 is 0 Å². The van der Waals surface area contributed by atoms with E-state index in [0.717, 1.165) is 31.4 Å². The van der Waals surface area contributed by atoms with Gasteiger partial charge >= 0.3 is 0 Å². The van der Waals surface area contributed by atoms with Crippen molar-refractivity contribution in [3.05, 3.63) is 53.6 Å². The zero-order valence-electron chi connectivity index (χ0n) is 16.1. The normalized spacial score (nSPS) is 10.2. The summed E-state index contributed by atoms with van der Waals surface area (Å²) in [5.41, 5.74) is 2.33. The number of aromatic nitrogens is 2. The van der Waals surface area contributed by atoms with Crippen LogP contribution in [0, 0.1) is 11.8 Å². The number of nitrogens with zero attached hydrogens (tertiary/aromatic N) is 2. The minimum absolute atomic E-state index is 0.523. The predicted octanol–water partition coefficient (Wildman–Crippen LogP) is 5.57. The Morgan fingerprint density at radius 2 is 1.50 bits per heavy atom. The lowest BCUT2D eigenvalue weighted by Gasteiger charge is -2.05. The molecule has 3 nitrogen and oxygen atoms in total. The average Bonchev–Trinajstić information content (AvgIpc) is 2.68. The molecular weight excluding hydrogens is 320 g/mol. The first-order valence-electron chi connectivity index (χ1n) is 9.87. The molecule has 2 rings (SSSR count). The van der Waals surface area contributed by atoms with E-state index in [2.05, 4.69) is 59.9 Å². The first kappa shape index (κ1) is 20.0. The van der Waals surface area contributed by atoms with Crippen LogP contribution < -0.4 is 4.74 Å². The Morgan fingerprint density at radius 3 is 2.19 bits per heavy atom. The summed E-state index contributed by atoms with van der Waals surface area (Å²) in [5.74, 6) is 7.36. The molecule has 0 amide bonds. The van der Waals surface area contributed by atoms with Crippen LogP contribution in [-0.2, 0) is 6.42 Å². The molecule has 0 saturated carbocycles. The maximum absolute atomic E-state index is 5.69. The van der Waals surface area contributed by atoms with Gasteiger partial charge in [-0.2, -0.15) is 0 Å². The van der Waals surface area contributed by atoms with E-state index >= 15 is 0 Å². The number of benzene rings is 1. The summed E-state index contributed by atoms with van der Waals surface area (Å²) >= 11 is 0. The molecule has 0 spiro atoms. The number of aryl methyl sites for hydroxylation is 1. The van der Waals surface area contributed by atoms with E-state index in [1.165, 1.54) is 37.7 Å². The summed E-state index contributed by atoms with van der Waals surface area (Å²) < 4.78 is 5.69. The monoisotopic (exact) mass is 350 g/mol. The van der Waals surface area contributed by atoms with Gasteiger partial charge in [-0.05, 0) is 36.5 Å². The van der Waals surface area contributed by atoms with Crippen molar-refractivity contribution in [2.75, 3.05) is 6.61 Å². The van der Waals surface area contributed by atoms with Gasteiger partial charge in [-0.25, -0.2) is 9.97 Å². The van der Waals surface area contributed by atoms with E-state index in [0.29, 0.717) is 11.6 Å². The molecule has 0 radical (unpaired) electrons. The minimum atomic E-state index is 0.523. The third kappa shape index (κ3) is 7.70. The van der Waals surface area contributed by atoms with Crippen LogP contribution in [0.15, 0.2) is 36.7 Å². The lowest BCUT2D eigenvalue weighted by atomic mass is 10.1. The molecule has 0 aliphatic carbocycles. The third-order valence-corrected chi connectivity index (χ3v) is 4.21. The molecule has 138 valence electrons. The molecular formula is C23H30N2O. The molecule has 0 saturated heterocycles. The van der Waals surface area contributed by atoms with Gasteiger partial charge < -0.3 is 4.74 Å². The van der Waals surface area contributed by atoms with Crippen molar-refractivity contribution in [2.24, 2.45) is 0 Å². The van der Waals surface area contributed by atoms with Crippen LogP contribution in [0.4, 0.5) is 0 Å². The molecule has 0 N–H and O–H groups in total. The van der Waals surface area contributed by atoms with E-state index in [4.69, 9.17) is 4.74 Å². The van der Waals surface area contributed by atoms with E-state index in [1.54, 1.807) is 12.4 Å². The smallest absolute Gasteiger partial charge is 0.205 e. The fourth-order valence-corrected chi connectivity index (χ4v) is 2.70. The Balaban J connectivity index is 1.75. The van der Waals surface area contributed by atoms with Crippen LogP contribution in [0.1, 0.15) is 75.7 Å². The van der Waals surface area contributed by atoms with Gasteiger partial charge in [0.1, 0.15) is 0 Å². The van der Waals surface area contributed by atoms with Crippen molar-refractivity contribution in [3.63, 3.8) is 0 Å². The lowest BCUT2D eigenvalue weighted by molar-refractivity contribution is 0.302. The van der Waals surface area contributed by atoms with Crippen molar-refractivity contribution in [2.45, 2.75) is 65.2 Å². The van der Waals surface area contributed by atoms with Crippen molar-refractivity contribution in [3.8, 4) is 17.6 Å². The number of rotatable bonds is 10. The summed E-state index contributed by atoms with van der Waals surface area (Å²) in [7, 11) is 0. The van der Waals surface area contributed by atoms with Gasteiger partial charge in [0, 0.05) is 5.56 Å². The zero-order valence-corrected chi connectivity index (χ0v) is 16.1. The number of unbranched alkanes of at least 4 members (excludes halogenated alkanes) is 5. The summed E-state index contributed by atoms with van der Waals surface area (Å²) in [6.07, 6.45) is 13.2. The van der Waals surface area contributed by atoms with E-state index in [9.17, 15) is 0 Å². The Hall–Kier alpha value is -2.34. The maximum Gasteiger partial charge on any atom is 0.205 e. The Bertz CT molecular complexity index is 681. The molecule has 0 aliphatic heterocycles.